The molecule has 0 aliphatic rings. The molecule has 0 aliphatic carbocycles. The van der Waals surface area contributed by atoms with Crippen LogP contribution in [0.5, 0.6) is 0 Å². The van der Waals surface area contributed by atoms with Gasteiger partial charge in [-0.25, -0.2) is 0 Å². The minimum Gasteiger partial charge on any atom is -0.367 e. The van der Waals surface area contributed by atoms with Crippen molar-refractivity contribution < 1.29 is 0 Å². The topological polar surface area (TPSA) is 44.9 Å². The van der Waals surface area contributed by atoms with Gasteiger partial charge in [0.25, 0.3) is 0 Å². The molecule has 2 rings (SSSR count). The molecule has 1 aromatic heterocycles. The first-order chi connectivity index (χ1) is 7.74. The second-order valence-corrected chi connectivity index (χ2v) is 3.82. The zero-order valence-electron chi connectivity index (χ0n) is 8.53. The fraction of sp³-hybridized carbons (Fsp3) is 0.0833. The summed E-state index contributed by atoms with van der Waals surface area (Å²) in [6.07, 6.45) is 0. The van der Waals surface area contributed by atoms with Crippen LogP contribution in [0.1, 0.15) is 5.56 Å². The molecule has 0 saturated carbocycles. The maximum Gasteiger partial charge on any atom is 0.185 e. The number of H-pyrrole nitrogens is 1. The number of hydrogen-bond acceptors (Lipinski definition) is 2. The third-order valence-electron chi connectivity index (χ3n) is 2.14. The van der Waals surface area contributed by atoms with E-state index in [4.69, 9.17) is 11.6 Å². The number of rotatable bonds is 3. The summed E-state index contributed by atoms with van der Waals surface area (Å²) in [7, 11) is 0. The van der Waals surface area contributed by atoms with Crippen molar-refractivity contribution in [1.29, 1.82) is 0 Å². The number of benzene rings is 1. The molecule has 0 spiro atoms. The van der Waals surface area contributed by atoms with E-state index in [2.05, 4.69) is 10.3 Å². The average molecular weight is 235 g/mol. The minimum absolute atomic E-state index is 0.112. The van der Waals surface area contributed by atoms with Gasteiger partial charge in [0.05, 0.1) is 0 Å². The molecule has 82 valence electrons. The second kappa shape index (κ2) is 4.86. The second-order valence-electron chi connectivity index (χ2n) is 3.42. The van der Waals surface area contributed by atoms with E-state index >= 15 is 0 Å². The van der Waals surface area contributed by atoms with Crippen LogP contribution in [0, 0.1) is 0 Å². The Morgan fingerprint density at radius 3 is 2.62 bits per heavy atom. The molecule has 16 heavy (non-hydrogen) atoms. The maximum atomic E-state index is 11.2. The Bertz CT molecular complexity index is 522. The first kappa shape index (κ1) is 10.8. The van der Waals surface area contributed by atoms with Crippen molar-refractivity contribution in [3.05, 3.63) is 63.4 Å². The average Bonchev–Trinajstić information content (AvgIpc) is 2.27. The standard InChI is InChI=1S/C12H11ClN2O/c13-11-6-10(16)7-12(15-11)14-8-9-4-2-1-3-5-9/h1-7H,8H2,(H2,14,15,16). The highest BCUT2D eigenvalue weighted by molar-refractivity contribution is 6.29. The van der Waals surface area contributed by atoms with Crippen molar-refractivity contribution in [3.8, 4) is 0 Å². The molecule has 2 aromatic rings. The van der Waals surface area contributed by atoms with Gasteiger partial charge in [0.1, 0.15) is 11.0 Å². The van der Waals surface area contributed by atoms with E-state index in [0.29, 0.717) is 17.5 Å². The Balaban J connectivity index is 2.08. The van der Waals surface area contributed by atoms with Gasteiger partial charge in [-0.05, 0) is 5.56 Å². The van der Waals surface area contributed by atoms with Gasteiger partial charge >= 0.3 is 0 Å². The Kier molecular flexibility index (Phi) is 3.27. The highest BCUT2D eigenvalue weighted by Crippen LogP contribution is 2.07. The summed E-state index contributed by atoms with van der Waals surface area (Å²) in [4.78, 5) is 14.1. The van der Waals surface area contributed by atoms with Crippen molar-refractivity contribution in [1.82, 2.24) is 4.98 Å². The van der Waals surface area contributed by atoms with Crippen molar-refractivity contribution in [3.63, 3.8) is 0 Å². The summed E-state index contributed by atoms with van der Waals surface area (Å²) in [5.74, 6) is 0.626. The van der Waals surface area contributed by atoms with Gasteiger partial charge < -0.3 is 10.3 Å². The molecular formula is C12H11ClN2O. The van der Waals surface area contributed by atoms with E-state index in [1.54, 1.807) is 0 Å². The highest BCUT2D eigenvalue weighted by atomic mass is 35.5. The molecule has 0 amide bonds. The summed E-state index contributed by atoms with van der Waals surface area (Å²) in [5.41, 5.74) is 1.03. The number of aromatic nitrogens is 1. The maximum absolute atomic E-state index is 11.2. The molecule has 1 aromatic carbocycles. The lowest BCUT2D eigenvalue weighted by Gasteiger charge is -2.06. The number of halogens is 1. The largest absolute Gasteiger partial charge is 0.367 e. The summed E-state index contributed by atoms with van der Waals surface area (Å²) in [5, 5.41) is 3.44. The van der Waals surface area contributed by atoms with Crippen LogP contribution < -0.4 is 10.7 Å². The lowest BCUT2D eigenvalue weighted by atomic mass is 10.2. The third-order valence-corrected chi connectivity index (χ3v) is 2.34. The summed E-state index contributed by atoms with van der Waals surface area (Å²) in [6.45, 7) is 0.650. The van der Waals surface area contributed by atoms with Crippen LogP contribution in [0.3, 0.4) is 0 Å². The molecule has 1 heterocycles. The molecule has 3 nitrogen and oxygen atoms in total. The number of nitrogens with one attached hydrogen (secondary N) is 2. The first-order valence-corrected chi connectivity index (χ1v) is 5.29. The summed E-state index contributed by atoms with van der Waals surface area (Å²) in [6, 6.07) is 12.7. The van der Waals surface area contributed by atoms with E-state index in [-0.39, 0.29) is 5.43 Å². The summed E-state index contributed by atoms with van der Waals surface area (Å²) >= 11 is 5.74. The fourth-order valence-electron chi connectivity index (χ4n) is 1.40. The summed E-state index contributed by atoms with van der Waals surface area (Å²) < 4.78 is 0. The molecule has 0 atom stereocenters. The zero-order chi connectivity index (χ0) is 11.4. The van der Waals surface area contributed by atoms with Gasteiger partial charge in [-0.3, -0.25) is 4.79 Å². The van der Waals surface area contributed by atoms with Crippen LogP contribution in [0.25, 0.3) is 0 Å². The first-order valence-electron chi connectivity index (χ1n) is 4.92. The SMILES string of the molecule is O=c1cc(Cl)[nH]c(NCc2ccccc2)c1. The Morgan fingerprint density at radius 2 is 1.94 bits per heavy atom. The van der Waals surface area contributed by atoms with Crippen LogP contribution in [0.2, 0.25) is 5.15 Å². The Hall–Kier alpha value is -1.74. The molecule has 0 bridgehead atoms. The monoisotopic (exact) mass is 234 g/mol. The molecule has 0 fully saturated rings. The Morgan fingerprint density at radius 1 is 1.19 bits per heavy atom. The number of aromatic amines is 1. The molecule has 0 unspecified atom stereocenters. The zero-order valence-corrected chi connectivity index (χ0v) is 9.29. The van der Waals surface area contributed by atoms with Gasteiger partial charge in [0, 0.05) is 18.7 Å². The number of hydrogen-bond donors (Lipinski definition) is 2. The smallest absolute Gasteiger partial charge is 0.185 e. The molecule has 0 radical (unpaired) electrons. The van der Waals surface area contributed by atoms with Crippen LogP contribution in [0.15, 0.2) is 47.3 Å². The van der Waals surface area contributed by atoms with E-state index in [9.17, 15) is 4.79 Å². The number of pyridine rings is 1. The van der Waals surface area contributed by atoms with E-state index in [1.165, 1.54) is 12.1 Å². The predicted octanol–water partition coefficient (Wildman–Crippen LogP) is 2.64. The molecule has 4 heteroatoms. The quantitative estimate of drug-likeness (QED) is 0.802. The third kappa shape index (κ3) is 2.87. The van der Waals surface area contributed by atoms with Crippen LogP contribution in [-0.2, 0) is 6.54 Å². The van der Waals surface area contributed by atoms with Gasteiger partial charge in [-0.1, -0.05) is 41.9 Å². The van der Waals surface area contributed by atoms with Crippen molar-refractivity contribution in [2.24, 2.45) is 0 Å². The van der Waals surface area contributed by atoms with E-state index < -0.39 is 0 Å². The minimum atomic E-state index is -0.112. The lowest BCUT2D eigenvalue weighted by Crippen LogP contribution is -2.06. The highest BCUT2D eigenvalue weighted by Gasteiger charge is 1.97. The van der Waals surface area contributed by atoms with Crippen LogP contribution in [-0.4, -0.2) is 4.98 Å². The Labute approximate surface area is 98.1 Å². The molecule has 2 N–H and O–H groups in total. The van der Waals surface area contributed by atoms with Gasteiger partial charge in [-0.15, -0.1) is 0 Å². The van der Waals surface area contributed by atoms with Gasteiger partial charge in [-0.2, -0.15) is 0 Å². The van der Waals surface area contributed by atoms with E-state index in [1.807, 2.05) is 30.3 Å². The molecular weight excluding hydrogens is 224 g/mol. The van der Waals surface area contributed by atoms with Gasteiger partial charge in [0.15, 0.2) is 5.43 Å². The lowest BCUT2D eigenvalue weighted by molar-refractivity contribution is 1.11. The normalized spacial score (nSPS) is 10.1. The van der Waals surface area contributed by atoms with Crippen molar-refractivity contribution >= 4 is 17.4 Å². The van der Waals surface area contributed by atoms with Crippen molar-refractivity contribution in [2.75, 3.05) is 5.32 Å². The van der Waals surface area contributed by atoms with Crippen LogP contribution >= 0.6 is 11.6 Å². The van der Waals surface area contributed by atoms with Crippen LogP contribution in [0.4, 0.5) is 5.82 Å². The predicted molar refractivity (Wildman–Crippen MR) is 65.8 cm³/mol. The van der Waals surface area contributed by atoms with Crippen molar-refractivity contribution in [2.45, 2.75) is 6.54 Å². The number of anilines is 1. The molecule has 0 aliphatic heterocycles. The fourth-order valence-corrected chi connectivity index (χ4v) is 1.61. The molecule has 0 saturated heterocycles. The van der Waals surface area contributed by atoms with E-state index in [0.717, 1.165) is 5.56 Å². The van der Waals surface area contributed by atoms with Gasteiger partial charge in [0.2, 0.25) is 0 Å².